The van der Waals surface area contributed by atoms with E-state index in [4.69, 9.17) is 9.47 Å². The van der Waals surface area contributed by atoms with Crippen molar-refractivity contribution in [1.82, 2.24) is 4.90 Å². The summed E-state index contributed by atoms with van der Waals surface area (Å²) in [5, 5.41) is 0. The smallest absolute Gasteiger partial charge is 0.258 e. The first-order valence-corrected chi connectivity index (χ1v) is 8.07. The molecular formula is C19H19NO3. The fourth-order valence-electron chi connectivity index (χ4n) is 3.29. The van der Waals surface area contributed by atoms with Crippen LogP contribution in [0.3, 0.4) is 0 Å². The Bertz CT molecular complexity index is 741. The number of ether oxygens (including phenoxy) is 2. The van der Waals surface area contributed by atoms with Crippen LogP contribution < -0.4 is 9.47 Å². The third-order valence-electron chi connectivity index (χ3n) is 4.44. The van der Waals surface area contributed by atoms with Gasteiger partial charge in [-0.15, -0.1) is 0 Å². The number of rotatable bonds is 1. The molecule has 2 aliphatic rings. The standard InChI is InChI=1S/C19H19NO3/c21-19(16-8-3-9-17-18(16)23-12-11-22-17)20-10-4-7-14-5-1-2-6-15(14)13-20/h1-3,5-6,8-9H,4,7,10-13H2. The molecule has 0 saturated carbocycles. The summed E-state index contributed by atoms with van der Waals surface area (Å²) in [5.41, 5.74) is 3.18. The molecule has 4 rings (SSSR count). The van der Waals surface area contributed by atoms with Crippen molar-refractivity contribution in [3.8, 4) is 11.5 Å². The molecule has 4 nitrogen and oxygen atoms in total. The Morgan fingerprint density at radius 3 is 2.70 bits per heavy atom. The molecule has 0 spiro atoms. The summed E-state index contributed by atoms with van der Waals surface area (Å²) < 4.78 is 11.3. The number of aryl methyl sites for hydroxylation is 1. The quantitative estimate of drug-likeness (QED) is 0.813. The van der Waals surface area contributed by atoms with Crippen LogP contribution in [0.15, 0.2) is 42.5 Å². The number of hydrogen-bond donors (Lipinski definition) is 0. The van der Waals surface area contributed by atoms with Crippen LogP contribution in [0.2, 0.25) is 0 Å². The lowest BCUT2D eigenvalue weighted by atomic mass is 10.0. The summed E-state index contributed by atoms with van der Waals surface area (Å²) in [6.07, 6.45) is 2.00. The minimum atomic E-state index is 0.0176. The molecule has 2 aromatic rings. The van der Waals surface area contributed by atoms with E-state index in [0.717, 1.165) is 19.4 Å². The molecule has 0 unspecified atom stereocenters. The Kier molecular flexibility index (Phi) is 3.66. The number of benzene rings is 2. The molecule has 2 heterocycles. The highest BCUT2D eigenvalue weighted by Crippen LogP contribution is 2.34. The summed E-state index contributed by atoms with van der Waals surface area (Å²) >= 11 is 0. The Labute approximate surface area is 135 Å². The first kappa shape index (κ1) is 14.1. The average molecular weight is 309 g/mol. The second-order valence-corrected chi connectivity index (χ2v) is 5.93. The zero-order valence-corrected chi connectivity index (χ0v) is 13.0. The van der Waals surface area contributed by atoms with Crippen molar-refractivity contribution in [2.75, 3.05) is 19.8 Å². The molecule has 2 aliphatic heterocycles. The Balaban J connectivity index is 1.65. The molecular weight excluding hydrogens is 290 g/mol. The lowest BCUT2D eigenvalue weighted by molar-refractivity contribution is 0.0735. The van der Waals surface area contributed by atoms with Gasteiger partial charge >= 0.3 is 0 Å². The van der Waals surface area contributed by atoms with Crippen LogP contribution >= 0.6 is 0 Å². The van der Waals surface area contributed by atoms with Gasteiger partial charge in [0.2, 0.25) is 0 Å². The van der Waals surface area contributed by atoms with Crippen LogP contribution in [0.1, 0.15) is 27.9 Å². The van der Waals surface area contributed by atoms with Crippen molar-refractivity contribution in [3.63, 3.8) is 0 Å². The van der Waals surface area contributed by atoms with Crippen molar-refractivity contribution in [3.05, 3.63) is 59.2 Å². The summed E-state index contributed by atoms with van der Waals surface area (Å²) in [6, 6.07) is 13.9. The Hall–Kier alpha value is -2.49. The van der Waals surface area contributed by atoms with Crippen LogP contribution in [0.5, 0.6) is 11.5 Å². The molecule has 2 aromatic carbocycles. The van der Waals surface area contributed by atoms with E-state index in [2.05, 4.69) is 18.2 Å². The van der Waals surface area contributed by atoms with Gasteiger partial charge in [-0.2, -0.15) is 0 Å². The van der Waals surface area contributed by atoms with Gasteiger partial charge < -0.3 is 14.4 Å². The predicted octanol–water partition coefficient (Wildman–Crippen LogP) is 3.05. The van der Waals surface area contributed by atoms with E-state index in [-0.39, 0.29) is 5.91 Å². The Morgan fingerprint density at radius 2 is 1.78 bits per heavy atom. The highest BCUT2D eigenvalue weighted by molar-refractivity contribution is 5.98. The molecule has 0 aromatic heterocycles. The van der Waals surface area contributed by atoms with E-state index < -0.39 is 0 Å². The van der Waals surface area contributed by atoms with Crippen LogP contribution in [-0.4, -0.2) is 30.6 Å². The van der Waals surface area contributed by atoms with Gasteiger partial charge in [-0.25, -0.2) is 0 Å². The van der Waals surface area contributed by atoms with Gasteiger partial charge in [-0.3, -0.25) is 4.79 Å². The number of hydrogen-bond acceptors (Lipinski definition) is 3. The monoisotopic (exact) mass is 309 g/mol. The van der Waals surface area contributed by atoms with Crippen LogP contribution in [-0.2, 0) is 13.0 Å². The zero-order chi connectivity index (χ0) is 15.6. The normalized spacial score (nSPS) is 16.4. The lowest BCUT2D eigenvalue weighted by Crippen LogP contribution is -2.31. The minimum absolute atomic E-state index is 0.0176. The van der Waals surface area contributed by atoms with Crippen LogP contribution in [0.4, 0.5) is 0 Å². The van der Waals surface area contributed by atoms with E-state index in [1.807, 2.05) is 29.2 Å². The van der Waals surface area contributed by atoms with Gasteiger partial charge in [0.05, 0.1) is 5.56 Å². The number of fused-ring (bicyclic) bond motifs is 2. The number of carbonyl (C=O) groups is 1. The highest BCUT2D eigenvalue weighted by Gasteiger charge is 2.25. The fourth-order valence-corrected chi connectivity index (χ4v) is 3.29. The van der Waals surface area contributed by atoms with E-state index in [1.165, 1.54) is 11.1 Å². The molecule has 0 fully saturated rings. The third kappa shape index (κ3) is 2.65. The van der Waals surface area contributed by atoms with Crippen molar-refractivity contribution in [1.29, 1.82) is 0 Å². The molecule has 118 valence electrons. The van der Waals surface area contributed by atoms with Gasteiger partial charge in [-0.1, -0.05) is 30.3 Å². The summed E-state index contributed by atoms with van der Waals surface area (Å²) in [6.45, 7) is 2.43. The van der Waals surface area contributed by atoms with E-state index in [9.17, 15) is 4.79 Å². The largest absolute Gasteiger partial charge is 0.486 e. The summed E-state index contributed by atoms with van der Waals surface area (Å²) in [7, 11) is 0. The van der Waals surface area contributed by atoms with Crippen molar-refractivity contribution < 1.29 is 14.3 Å². The van der Waals surface area contributed by atoms with Crippen molar-refractivity contribution in [2.45, 2.75) is 19.4 Å². The van der Waals surface area contributed by atoms with Gasteiger partial charge in [0.1, 0.15) is 13.2 Å². The predicted molar refractivity (Wildman–Crippen MR) is 86.9 cm³/mol. The summed E-state index contributed by atoms with van der Waals surface area (Å²) in [5.74, 6) is 1.27. The van der Waals surface area contributed by atoms with Crippen molar-refractivity contribution in [2.24, 2.45) is 0 Å². The molecule has 0 N–H and O–H groups in total. The first-order chi connectivity index (χ1) is 11.3. The maximum Gasteiger partial charge on any atom is 0.258 e. The lowest BCUT2D eigenvalue weighted by Gasteiger charge is -2.25. The van der Waals surface area contributed by atoms with Gasteiger partial charge in [0.25, 0.3) is 5.91 Å². The molecule has 0 bridgehead atoms. The Morgan fingerprint density at radius 1 is 0.957 bits per heavy atom. The molecule has 0 saturated heterocycles. The molecule has 0 atom stereocenters. The van der Waals surface area contributed by atoms with Gasteiger partial charge in [0.15, 0.2) is 11.5 Å². The van der Waals surface area contributed by atoms with Crippen LogP contribution in [0.25, 0.3) is 0 Å². The number of amides is 1. The molecule has 1 amide bonds. The first-order valence-electron chi connectivity index (χ1n) is 8.07. The fraction of sp³-hybridized carbons (Fsp3) is 0.316. The number of nitrogens with zero attached hydrogens (tertiary/aromatic N) is 1. The molecule has 23 heavy (non-hydrogen) atoms. The van der Waals surface area contributed by atoms with E-state index in [1.54, 1.807) is 0 Å². The number of para-hydroxylation sites is 1. The van der Waals surface area contributed by atoms with Crippen LogP contribution in [0, 0.1) is 0 Å². The van der Waals surface area contributed by atoms with Gasteiger partial charge in [0, 0.05) is 13.1 Å². The van der Waals surface area contributed by atoms with E-state index >= 15 is 0 Å². The SMILES string of the molecule is O=C(c1cccc2c1OCCO2)N1CCCc2ccccc2C1. The summed E-state index contributed by atoms with van der Waals surface area (Å²) in [4.78, 5) is 14.9. The maximum absolute atomic E-state index is 13.0. The highest BCUT2D eigenvalue weighted by atomic mass is 16.6. The maximum atomic E-state index is 13.0. The minimum Gasteiger partial charge on any atom is -0.486 e. The topological polar surface area (TPSA) is 38.8 Å². The molecule has 4 heteroatoms. The third-order valence-corrected chi connectivity index (χ3v) is 4.44. The van der Waals surface area contributed by atoms with Gasteiger partial charge in [-0.05, 0) is 36.1 Å². The van der Waals surface area contributed by atoms with E-state index in [0.29, 0.717) is 36.8 Å². The molecule has 0 aliphatic carbocycles. The number of carbonyl (C=O) groups excluding carboxylic acids is 1. The molecule has 0 radical (unpaired) electrons. The van der Waals surface area contributed by atoms with Crippen molar-refractivity contribution >= 4 is 5.91 Å². The second-order valence-electron chi connectivity index (χ2n) is 5.93. The average Bonchev–Trinajstić information content (AvgIpc) is 2.83. The second kappa shape index (κ2) is 5.95. The zero-order valence-electron chi connectivity index (χ0n) is 13.0.